The first-order valence-corrected chi connectivity index (χ1v) is 11.3. The van der Waals surface area contributed by atoms with E-state index in [1.54, 1.807) is 0 Å². The van der Waals surface area contributed by atoms with Crippen LogP contribution in [0.5, 0.6) is 0 Å². The minimum absolute atomic E-state index is 0.0348. The quantitative estimate of drug-likeness (QED) is 0.700. The van der Waals surface area contributed by atoms with Gasteiger partial charge >= 0.3 is 0 Å². The molecule has 1 aromatic rings. The van der Waals surface area contributed by atoms with Gasteiger partial charge in [0.2, 0.25) is 5.91 Å². The Morgan fingerprint density at radius 1 is 1.21 bits per heavy atom. The Kier molecular flexibility index (Phi) is 4.11. The molecule has 0 bridgehead atoms. The number of hydrogen-bond acceptors (Lipinski definition) is 6. The molecule has 2 saturated carbocycles. The molecule has 24 heavy (non-hydrogen) atoms. The Labute approximate surface area is 146 Å². The van der Waals surface area contributed by atoms with Crippen molar-refractivity contribution in [2.75, 3.05) is 17.3 Å². The lowest BCUT2D eigenvalue weighted by Gasteiger charge is -2.28. The second-order valence-corrected chi connectivity index (χ2v) is 10.2. The van der Waals surface area contributed by atoms with E-state index >= 15 is 0 Å². The first-order chi connectivity index (χ1) is 11.4. The molecule has 0 spiro atoms. The fraction of sp³-hybridized carbons (Fsp3) is 0.800. The largest absolute Gasteiger partial charge is 0.335 e. The van der Waals surface area contributed by atoms with Crippen LogP contribution < -0.4 is 0 Å². The molecule has 132 valence electrons. The number of hydrogen-bond donors (Lipinski definition) is 0. The van der Waals surface area contributed by atoms with Gasteiger partial charge in [0, 0.05) is 18.1 Å². The van der Waals surface area contributed by atoms with Crippen LogP contribution in [0.1, 0.15) is 44.0 Å². The SMILES string of the molecule is Cc1nnc(SCC(=O)N(C2CC2)[C@H]2CCS(=O)(=O)C2)n1C1CC1. The Balaban J connectivity index is 1.43. The van der Waals surface area contributed by atoms with Crippen molar-refractivity contribution in [1.29, 1.82) is 0 Å². The summed E-state index contributed by atoms with van der Waals surface area (Å²) in [6.07, 6.45) is 4.85. The molecule has 7 nitrogen and oxygen atoms in total. The molecule has 9 heteroatoms. The molecule has 3 fully saturated rings. The third-order valence-electron chi connectivity index (χ3n) is 4.90. The highest BCUT2D eigenvalue weighted by molar-refractivity contribution is 7.99. The van der Waals surface area contributed by atoms with Gasteiger partial charge in [-0.3, -0.25) is 4.79 Å². The van der Waals surface area contributed by atoms with Crippen molar-refractivity contribution in [2.24, 2.45) is 0 Å². The Morgan fingerprint density at radius 3 is 2.54 bits per heavy atom. The molecule has 1 aromatic heterocycles. The maximum Gasteiger partial charge on any atom is 0.233 e. The highest BCUT2D eigenvalue weighted by atomic mass is 32.2. The van der Waals surface area contributed by atoms with E-state index in [4.69, 9.17) is 0 Å². The van der Waals surface area contributed by atoms with E-state index in [0.29, 0.717) is 18.2 Å². The van der Waals surface area contributed by atoms with Gasteiger partial charge in [-0.25, -0.2) is 8.42 Å². The Bertz CT molecular complexity index is 753. The topological polar surface area (TPSA) is 85.2 Å². The fourth-order valence-electron chi connectivity index (χ4n) is 3.46. The molecule has 0 radical (unpaired) electrons. The van der Waals surface area contributed by atoms with Crippen molar-refractivity contribution < 1.29 is 13.2 Å². The molecule has 1 atom stereocenters. The van der Waals surface area contributed by atoms with Crippen LogP contribution in [-0.2, 0) is 14.6 Å². The van der Waals surface area contributed by atoms with Gasteiger partial charge in [-0.1, -0.05) is 11.8 Å². The van der Waals surface area contributed by atoms with Gasteiger partial charge < -0.3 is 9.47 Å². The van der Waals surface area contributed by atoms with Crippen molar-refractivity contribution in [3.63, 3.8) is 0 Å². The average Bonchev–Trinajstić information content (AvgIpc) is 3.43. The Hall–Kier alpha value is -1.09. The summed E-state index contributed by atoms with van der Waals surface area (Å²) in [7, 11) is -2.98. The summed E-state index contributed by atoms with van der Waals surface area (Å²) in [6.45, 7) is 1.94. The smallest absolute Gasteiger partial charge is 0.233 e. The summed E-state index contributed by atoms with van der Waals surface area (Å²) >= 11 is 1.43. The molecule has 0 unspecified atom stereocenters. The average molecular weight is 371 g/mol. The lowest BCUT2D eigenvalue weighted by atomic mass is 10.2. The summed E-state index contributed by atoms with van der Waals surface area (Å²) in [5.74, 6) is 1.56. The lowest BCUT2D eigenvalue weighted by molar-refractivity contribution is -0.130. The summed E-state index contributed by atoms with van der Waals surface area (Å²) < 4.78 is 25.6. The third-order valence-corrected chi connectivity index (χ3v) is 7.58. The van der Waals surface area contributed by atoms with Crippen LogP contribution in [0.3, 0.4) is 0 Å². The van der Waals surface area contributed by atoms with Crippen LogP contribution in [0.4, 0.5) is 0 Å². The van der Waals surface area contributed by atoms with E-state index in [2.05, 4.69) is 14.8 Å². The molecular weight excluding hydrogens is 348 g/mol. The third kappa shape index (κ3) is 3.33. The monoisotopic (exact) mass is 370 g/mol. The van der Waals surface area contributed by atoms with E-state index in [1.165, 1.54) is 11.8 Å². The summed E-state index contributed by atoms with van der Waals surface area (Å²) in [5.41, 5.74) is 0. The normalized spacial score (nSPS) is 25.8. The van der Waals surface area contributed by atoms with Crippen molar-refractivity contribution in [2.45, 2.75) is 62.3 Å². The van der Waals surface area contributed by atoms with Crippen LogP contribution >= 0.6 is 11.8 Å². The summed E-state index contributed by atoms with van der Waals surface area (Å²) in [6, 6.07) is 0.579. The number of carbonyl (C=O) groups excluding carboxylic acids is 1. The van der Waals surface area contributed by atoms with Crippen molar-refractivity contribution in [1.82, 2.24) is 19.7 Å². The lowest BCUT2D eigenvalue weighted by Crippen LogP contribution is -2.43. The van der Waals surface area contributed by atoms with Gasteiger partial charge in [0.25, 0.3) is 0 Å². The predicted molar refractivity (Wildman–Crippen MR) is 90.7 cm³/mol. The molecule has 1 amide bonds. The molecule has 0 aromatic carbocycles. The van der Waals surface area contributed by atoms with Gasteiger partial charge in [0.05, 0.1) is 17.3 Å². The predicted octanol–water partition coefficient (Wildman–Crippen LogP) is 1.19. The maximum atomic E-state index is 12.8. The van der Waals surface area contributed by atoms with Gasteiger partial charge in [0.1, 0.15) is 5.82 Å². The van der Waals surface area contributed by atoms with Crippen molar-refractivity contribution in [3.05, 3.63) is 5.82 Å². The van der Waals surface area contributed by atoms with Crippen LogP contribution in [0.2, 0.25) is 0 Å². The maximum absolute atomic E-state index is 12.8. The van der Waals surface area contributed by atoms with Gasteiger partial charge in [-0.05, 0) is 39.0 Å². The zero-order valence-corrected chi connectivity index (χ0v) is 15.4. The van der Waals surface area contributed by atoms with Gasteiger partial charge in [0.15, 0.2) is 15.0 Å². The zero-order chi connectivity index (χ0) is 16.9. The number of aryl methyl sites for hydroxylation is 1. The number of carbonyl (C=O) groups is 1. The number of thioether (sulfide) groups is 1. The van der Waals surface area contributed by atoms with Crippen molar-refractivity contribution >= 4 is 27.5 Å². The van der Waals surface area contributed by atoms with Crippen LogP contribution in [-0.4, -0.2) is 63.3 Å². The van der Waals surface area contributed by atoms with E-state index in [9.17, 15) is 13.2 Å². The van der Waals surface area contributed by atoms with E-state index in [0.717, 1.165) is 36.7 Å². The number of nitrogens with zero attached hydrogens (tertiary/aromatic N) is 4. The number of aromatic nitrogens is 3. The number of amides is 1. The van der Waals surface area contributed by atoms with Crippen LogP contribution in [0.15, 0.2) is 5.16 Å². The second-order valence-electron chi connectivity index (χ2n) is 7.01. The zero-order valence-electron chi connectivity index (χ0n) is 13.7. The van der Waals surface area contributed by atoms with Crippen molar-refractivity contribution in [3.8, 4) is 0 Å². The summed E-state index contributed by atoms with van der Waals surface area (Å²) in [4.78, 5) is 14.6. The summed E-state index contributed by atoms with van der Waals surface area (Å²) in [5, 5.41) is 9.13. The first kappa shape index (κ1) is 16.4. The van der Waals surface area contributed by atoms with Gasteiger partial charge in [-0.2, -0.15) is 0 Å². The number of rotatable bonds is 6. The van der Waals surface area contributed by atoms with E-state index in [-0.39, 0.29) is 29.5 Å². The standard InChI is InChI=1S/C15H22N4O3S2/c1-10-16-17-15(18(10)11-2-3-11)23-8-14(20)19(12-4-5-12)13-6-7-24(21,22)9-13/h11-13H,2-9H2,1H3/t13-/m0/s1. The van der Waals surface area contributed by atoms with Crippen LogP contribution in [0, 0.1) is 6.92 Å². The molecule has 1 saturated heterocycles. The highest BCUT2D eigenvalue weighted by Gasteiger charge is 2.42. The van der Waals surface area contributed by atoms with Crippen LogP contribution in [0.25, 0.3) is 0 Å². The molecule has 4 rings (SSSR count). The second kappa shape index (κ2) is 6.01. The molecule has 0 N–H and O–H groups in total. The Morgan fingerprint density at radius 2 is 1.96 bits per heavy atom. The molecule has 1 aliphatic heterocycles. The fourth-order valence-corrected chi connectivity index (χ4v) is 6.09. The molecule has 2 heterocycles. The minimum atomic E-state index is -2.98. The van der Waals surface area contributed by atoms with Gasteiger partial charge in [-0.15, -0.1) is 10.2 Å². The highest BCUT2D eigenvalue weighted by Crippen LogP contribution is 2.39. The minimum Gasteiger partial charge on any atom is -0.335 e. The first-order valence-electron chi connectivity index (χ1n) is 8.50. The molecule has 3 aliphatic rings. The number of sulfone groups is 1. The molecular formula is C15H22N4O3S2. The molecule has 2 aliphatic carbocycles. The van der Waals surface area contributed by atoms with E-state index in [1.807, 2.05) is 11.8 Å². The van der Waals surface area contributed by atoms with E-state index < -0.39 is 9.84 Å².